The van der Waals surface area contributed by atoms with Crippen LogP contribution in [0, 0.1) is 11.3 Å². The first kappa shape index (κ1) is 15.8. The van der Waals surface area contributed by atoms with Gasteiger partial charge < -0.3 is 5.32 Å². The molecule has 0 saturated heterocycles. The second-order valence-electron chi connectivity index (χ2n) is 4.18. The lowest BCUT2D eigenvalue weighted by molar-refractivity contribution is 0.596. The lowest BCUT2D eigenvalue weighted by atomic mass is 10.3. The first-order chi connectivity index (χ1) is 10.0. The van der Waals surface area contributed by atoms with Crippen molar-refractivity contribution in [3.63, 3.8) is 0 Å². The fraction of sp³-hybridized carbons (Fsp3) is 0.231. The van der Waals surface area contributed by atoms with Crippen molar-refractivity contribution in [2.45, 2.75) is 17.9 Å². The summed E-state index contributed by atoms with van der Waals surface area (Å²) in [5.74, 6) is -0.157. The third-order valence-electron chi connectivity index (χ3n) is 2.69. The second-order valence-corrected chi connectivity index (χ2v) is 7.99. The Labute approximate surface area is 132 Å². The highest BCUT2D eigenvalue weighted by Crippen LogP contribution is 2.20. The molecule has 5 nitrogen and oxygen atoms in total. The van der Waals surface area contributed by atoms with Crippen LogP contribution < -0.4 is 5.32 Å². The number of rotatable bonds is 6. The molecule has 0 unspecified atom stereocenters. The summed E-state index contributed by atoms with van der Waals surface area (Å²) < 4.78 is 24.3. The van der Waals surface area contributed by atoms with Crippen LogP contribution in [0.1, 0.15) is 11.3 Å². The quantitative estimate of drug-likeness (QED) is 0.872. The molecule has 0 atom stereocenters. The highest BCUT2D eigenvalue weighted by molar-refractivity contribution is 7.91. The predicted molar refractivity (Wildman–Crippen MR) is 83.2 cm³/mol. The van der Waals surface area contributed by atoms with Gasteiger partial charge >= 0.3 is 0 Å². The number of hydrogen-bond acceptors (Lipinski definition) is 6. The molecule has 110 valence electrons. The minimum atomic E-state index is -3.38. The molecule has 0 radical (unpaired) electrons. The molecule has 0 amide bonds. The van der Waals surface area contributed by atoms with Gasteiger partial charge in [0.25, 0.3) is 0 Å². The summed E-state index contributed by atoms with van der Waals surface area (Å²) in [5.41, 5.74) is 0.804. The highest BCUT2D eigenvalue weighted by atomic mass is 35.5. The number of sulfone groups is 1. The van der Waals surface area contributed by atoms with Gasteiger partial charge in [0.1, 0.15) is 0 Å². The Morgan fingerprint density at radius 2 is 2.05 bits per heavy atom. The predicted octanol–water partition coefficient (Wildman–Crippen LogP) is 3.10. The number of aromatic nitrogens is 1. The summed E-state index contributed by atoms with van der Waals surface area (Å²) >= 11 is 7.13. The molecule has 1 N–H and O–H groups in total. The van der Waals surface area contributed by atoms with E-state index in [0.717, 1.165) is 10.6 Å². The second kappa shape index (κ2) is 6.89. The summed E-state index contributed by atoms with van der Waals surface area (Å²) in [7, 11) is -3.38. The Morgan fingerprint density at radius 3 is 2.62 bits per heavy atom. The largest absolute Gasteiger partial charge is 0.380 e. The summed E-state index contributed by atoms with van der Waals surface area (Å²) in [4.78, 5) is 5.16. The van der Waals surface area contributed by atoms with Crippen LogP contribution in [0.25, 0.3) is 0 Å². The van der Waals surface area contributed by atoms with Crippen molar-refractivity contribution in [1.82, 2.24) is 4.98 Å². The van der Waals surface area contributed by atoms with Crippen molar-refractivity contribution < 1.29 is 8.42 Å². The van der Waals surface area contributed by atoms with E-state index in [0.29, 0.717) is 11.0 Å². The Balaban J connectivity index is 2.00. The van der Waals surface area contributed by atoms with Crippen LogP contribution in [-0.2, 0) is 16.4 Å². The van der Waals surface area contributed by atoms with Gasteiger partial charge in [-0.3, -0.25) is 0 Å². The first-order valence-electron chi connectivity index (χ1n) is 6.05. The molecule has 0 aliphatic heterocycles. The molecule has 2 rings (SSSR count). The van der Waals surface area contributed by atoms with E-state index in [-0.39, 0.29) is 17.1 Å². The van der Waals surface area contributed by atoms with Crippen LogP contribution in [0.3, 0.4) is 0 Å². The third kappa shape index (κ3) is 4.43. The normalized spacial score (nSPS) is 11.0. The van der Waals surface area contributed by atoms with Gasteiger partial charge in [-0.2, -0.15) is 5.26 Å². The van der Waals surface area contributed by atoms with E-state index < -0.39 is 9.84 Å². The van der Waals surface area contributed by atoms with E-state index >= 15 is 0 Å². The van der Waals surface area contributed by atoms with Gasteiger partial charge in [-0.15, -0.1) is 11.3 Å². The average molecular weight is 342 g/mol. The topological polar surface area (TPSA) is 82.8 Å². The van der Waals surface area contributed by atoms with Gasteiger partial charge in [0.05, 0.1) is 23.3 Å². The number of hydrogen-bond donors (Lipinski definition) is 1. The molecular formula is C13H12ClN3O2S2. The molecular weight excluding hydrogens is 330 g/mol. The zero-order chi connectivity index (χ0) is 15.3. The van der Waals surface area contributed by atoms with E-state index in [9.17, 15) is 8.42 Å². The fourth-order valence-electron chi connectivity index (χ4n) is 1.63. The van der Waals surface area contributed by atoms with Crippen molar-refractivity contribution in [2.24, 2.45) is 0 Å². The van der Waals surface area contributed by atoms with Gasteiger partial charge in [-0.05, 0) is 24.3 Å². The van der Waals surface area contributed by atoms with E-state index in [2.05, 4.69) is 10.3 Å². The summed E-state index contributed by atoms with van der Waals surface area (Å²) in [5, 5.41) is 11.6. The number of halogens is 1. The van der Waals surface area contributed by atoms with Crippen LogP contribution in [-0.4, -0.2) is 19.2 Å². The van der Waals surface area contributed by atoms with Crippen molar-refractivity contribution in [2.75, 3.05) is 11.1 Å². The Morgan fingerprint density at radius 1 is 1.33 bits per heavy atom. The molecule has 1 aromatic heterocycles. The number of anilines is 1. The van der Waals surface area contributed by atoms with E-state index in [1.165, 1.54) is 23.5 Å². The number of nitrogens with one attached hydrogen (secondary N) is 1. The molecule has 0 spiro atoms. The maximum atomic E-state index is 11.9. The first-order valence-corrected chi connectivity index (χ1v) is 8.90. The molecule has 21 heavy (non-hydrogen) atoms. The molecule has 1 heterocycles. The van der Waals surface area contributed by atoms with Gasteiger partial charge in [-0.25, -0.2) is 13.4 Å². The van der Waals surface area contributed by atoms with Crippen molar-refractivity contribution in [3.8, 4) is 6.07 Å². The van der Waals surface area contributed by atoms with Crippen LogP contribution in [0.4, 0.5) is 5.69 Å². The lowest BCUT2D eigenvalue weighted by Crippen LogP contribution is -2.06. The SMILES string of the molecule is N#CCCS(=O)(=O)c1ccc(NCc2cnc(Cl)s2)cc1. The minimum absolute atomic E-state index is 0.00548. The molecule has 0 saturated carbocycles. The number of nitrogens with zero attached hydrogens (tertiary/aromatic N) is 2. The molecule has 0 fully saturated rings. The van der Waals surface area contributed by atoms with E-state index in [4.69, 9.17) is 16.9 Å². The highest BCUT2D eigenvalue weighted by Gasteiger charge is 2.13. The number of thiazole rings is 1. The van der Waals surface area contributed by atoms with Gasteiger partial charge in [0.2, 0.25) is 0 Å². The Hall–Kier alpha value is -1.62. The van der Waals surface area contributed by atoms with Crippen molar-refractivity contribution >= 4 is 38.5 Å². The third-order valence-corrected chi connectivity index (χ3v) is 5.53. The summed E-state index contributed by atoms with van der Waals surface area (Å²) in [6.07, 6.45) is 1.69. The smallest absolute Gasteiger partial charge is 0.183 e. The zero-order valence-corrected chi connectivity index (χ0v) is 13.3. The monoisotopic (exact) mass is 341 g/mol. The number of benzene rings is 1. The maximum Gasteiger partial charge on any atom is 0.183 e. The molecule has 0 aliphatic carbocycles. The standard InChI is InChI=1S/C13H12ClN3O2S2/c14-13-17-9-11(20-13)8-16-10-2-4-12(5-3-10)21(18,19)7-1-6-15/h2-5,9,16H,1,7-8H2. The van der Waals surface area contributed by atoms with Gasteiger partial charge in [0.15, 0.2) is 14.3 Å². The van der Waals surface area contributed by atoms with Crippen LogP contribution >= 0.6 is 22.9 Å². The number of nitriles is 1. The van der Waals surface area contributed by atoms with Crippen molar-refractivity contribution in [3.05, 3.63) is 39.8 Å². The molecule has 8 heteroatoms. The van der Waals surface area contributed by atoms with Gasteiger partial charge in [-0.1, -0.05) is 11.6 Å². The average Bonchev–Trinajstić information content (AvgIpc) is 2.89. The summed E-state index contributed by atoms with van der Waals surface area (Å²) in [6, 6.07) is 8.30. The Bertz CT molecular complexity index is 748. The lowest BCUT2D eigenvalue weighted by Gasteiger charge is -2.06. The van der Waals surface area contributed by atoms with Gasteiger partial charge in [0, 0.05) is 23.2 Å². The van der Waals surface area contributed by atoms with Crippen molar-refractivity contribution in [1.29, 1.82) is 5.26 Å². The van der Waals surface area contributed by atoms with Crippen LogP contribution in [0.15, 0.2) is 35.4 Å². The van der Waals surface area contributed by atoms with E-state index in [1.807, 2.05) is 6.07 Å². The van der Waals surface area contributed by atoms with Crippen LogP contribution in [0.5, 0.6) is 0 Å². The molecule has 1 aromatic carbocycles. The molecule has 0 bridgehead atoms. The van der Waals surface area contributed by atoms with Crippen LogP contribution in [0.2, 0.25) is 4.47 Å². The fourth-order valence-corrected chi connectivity index (χ4v) is 3.70. The molecule has 0 aliphatic rings. The minimum Gasteiger partial charge on any atom is -0.380 e. The zero-order valence-electron chi connectivity index (χ0n) is 10.9. The molecule has 2 aromatic rings. The van der Waals surface area contributed by atoms with E-state index in [1.54, 1.807) is 18.3 Å². The summed E-state index contributed by atoms with van der Waals surface area (Å²) in [6.45, 7) is 0.574. The Kier molecular flexibility index (Phi) is 5.17. The maximum absolute atomic E-state index is 11.9.